The normalized spacial score (nSPS) is 22.9. The van der Waals surface area contributed by atoms with Crippen molar-refractivity contribution in [2.45, 2.75) is 38.6 Å². The standard InChI is InChI=1S/C23H34F3N3O5/c1-15-11-29(9-8-23(24,25)26)16(2)13-34-19-10-17(27-21(30)14-32-4)6-7-18(19)22(31)28(3)12-20(15)33-5/h6-7,10,15-16,20H,8-9,11-14H2,1-5H3,(H,27,30)/t15-,16+,20-/m0/s1. The summed E-state index contributed by atoms with van der Waals surface area (Å²) in [7, 11) is 4.56. The molecule has 0 aromatic heterocycles. The number of likely N-dealkylation sites (N-methyl/N-ethyl adjacent to an activating group) is 1. The third-order valence-corrected chi connectivity index (χ3v) is 5.82. The number of fused-ring (bicyclic) bond motifs is 1. The minimum Gasteiger partial charge on any atom is -0.491 e. The Morgan fingerprint density at radius 3 is 2.56 bits per heavy atom. The molecule has 0 fully saturated rings. The number of ether oxygens (including phenoxy) is 3. The number of hydrogen-bond donors (Lipinski definition) is 1. The molecule has 0 saturated heterocycles. The lowest BCUT2D eigenvalue weighted by Gasteiger charge is -2.36. The minimum atomic E-state index is -4.28. The lowest BCUT2D eigenvalue weighted by molar-refractivity contribution is -0.140. The highest BCUT2D eigenvalue weighted by molar-refractivity contribution is 5.98. The van der Waals surface area contributed by atoms with Crippen molar-refractivity contribution in [1.29, 1.82) is 0 Å². The number of carbonyl (C=O) groups is 2. The van der Waals surface area contributed by atoms with E-state index >= 15 is 0 Å². The molecule has 1 aromatic rings. The molecule has 2 rings (SSSR count). The smallest absolute Gasteiger partial charge is 0.390 e. The van der Waals surface area contributed by atoms with Crippen molar-refractivity contribution >= 4 is 17.5 Å². The molecule has 0 aliphatic carbocycles. The maximum Gasteiger partial charge on any atom is 0.390 e. The number of amides is 2. The van der Waals surface area contributed by atoms with Gasteiger partial charge in [0.25, 0.3) is 5.91 Å². The van der Waals surface area contributed by atoms with Crippen LogP contribution in [0.3, 0.4) is 0 Å². The molecule has 1 aliphatic heterocycles. The number of halogens is 3. The van der Waals surface area contributed by atoms with Gasteiger partial charge in [-0.2, -0.15) is 13.2 Å². The third-order valence-electron chi connectivity index (χ3n) is 5.82. The van der Waals surface area contributed by atoms with Gasteiger partial charge < -0.3 is 24.4 Å². The molecule has 11 heteroatoms. The second-order valence-electron chi connectivity index (χ2n) is 8.65. The van der Waals surface area contributed by atoms with Gasteiger partial charge in [0.15, 0.2) is 0 Å². The van der Waals surface area contributed by atoms with Crippen molar-refractivity contribution in [3.8, 4) is 5.75 Å². The Morgan fingerprint density at radius 1 is 1.24 bits per heavy atom. The summed E-state index contributed by atoms with van der Waals surface area (Å²) in [6.45, 7) is 4.03. The number of nitrogens with zero attached hydrogens (tertiary/aromatic N) is 2. The second kappa shape index (κ2) is 12.4. The number of alkyl halides is 3. The Balaban J connectivity index is 2.37. The molecule has 192 valence electrons. The van der Waals surface area contributed by atoms with E-state index < -0.39 is 12.6 Å². The van der Waals surface area contributed by atoms with Crippen LogP contribution in [0.2, 0.25) is 0 Å². The Hall–Kier alpha value is -2.37. The maximum atomic E-state index is 13.2. The lowest BCUT2D eigenvalue weighted by atomic mass is 10.0. The van der Waals surface area contributed by atoms with Gasteiger partial charge in [0.05, 0.1) is 18.1 Å². The van der Waals surface area contributed by atoms with E-state index in [0.29, 0.717) is 12.2 Å². The Morgan fingerprint density at radius 2 is 1.94 bits per heavy atom. The average molecular weight is 490 g/mol. The van der Waals surface area contributed by atoms with Crippen molar-refractivity contribution in [3.05, 3.63) is 23.8 Å². The summed E-state index contributed by atoms with van der Waals surface area (Å²) < 4.78 is 55.2. The van der Waals surface area contributed by atoms with Gasteiger partial charge in [-0.1, -0.05) is 6.92 Å². The summed E-state index contributed by atoms with van der Waals surface area (Å²) in [6, 6.07) is 4.31. The third kappa shape index (κ3) is 8.14. The van der Waals surface area contributed by atoms with Crippen LogP contribution in [-0.2, 0) is 14.3 Å². The molecule has 0 spiro atoms. The average Bonchev–Trinajstić information content (AvgIpc) is 2.76. The highest BCUT2D eigenvalue weighted by Gasteiger charge is 2.32. The van der Waals surface area contributed by atoms with Gasteiger partial charge in [0.2, 0.25) is 5.91 Å². The fourth-order valence-corrected chi connectivity index (χ4v) is 3.83. The van der Waals surface area contributed by atoms with Gasteiger partial charge in [-0.05, 0) is 25.0 Å². The van der Waals surface area contributed by atoms with Crippen LogP contribution in [0.1, 0.15) is 30.6 Å². The van der Waals surface area contributed by atoms with E-state index in [1.807, 2.05) is 6.92 Å². The second-order valence-corrected chi connectivity index (χ2v) is 8.65. The lowest BCUT2D eigenvalue weighted by Crippen LogP contribution is -2.47. The monoisotopic (exact) mass is 489 g/mol. The predicted molar refractivity (Wildman–Crippen MR) is 121 cm³/mol. The van der Waals surface area contributed by atoms with Crippen molar-refractivity contribution in [1.82, 2.24) is 9.80 Å². The van der Waals surface area contributed by atoms with E-state index in [0.717, 1.165) is 0 Å². The van der Waals surface area contributed by atoms with Crippen molar-refractivity contribution < 1.29 is 37.0 Å². The Labute approximate surface area is 198 Å². The molecule has 1 aromatic carbocycles. The summed E-state index contributed by atoms with van der Waals surface area (Å²) in [5.41, 5.74) is 0.692. The van der Waals surface area contributed by atoms with Crippen LogP contribution in [0.15, 0.2) is 18.2 Å². The van der Waals surface area contributed by atoms with E-state index in [2.05, 4.69) is 5.32 Å². The Kier molecular flexibility index (Phi) is 10.1. The van der Waals surface area contributed by atoms with Crippen LogP contribution in [-0.4, -0.2) is 94.1 Å². The molecule has 1 N–H and O–H groups in total. The quantitative estimate of drug-likeness (QED) is 0.662. The van der Waals surface area contributed by atoms with Crippen LogP contribution < -0.4 is 10.1 Å². The SMILES string of the molecule is COCC(=O)Nc1ccc2c(c1)OC[C@@H](C)N(CCC(F)(F)F)C[C@H](C)[C@@H](OC)CN(C)C2=O. The first-order valence-corrected chi connectivity index (χ1v) is 11.1. The van der Waals surface area contributed by atoms with Crippen molar-refractivity contribution in [2.24, 2.45) is 5.92 Å². The molecule has 1 heterocycles. The fraction of sp³-hybridized carbons (Fsp3) is 0.652. The van der Waals surface area contributed by atoms with Crippen LogP contribution in [0.5, 0.6) is 5.75 Å². The van der Waals surface area contributed by atoms with Crippen LogP contribution in [0, 0.1) is 5.92 Å². The molecule has 2 amide bonds. The first kappa shape index (κ1) is 27.9. The first-order chi connectivity index (χ1) is 15.9. The number of benzene rings is 1. The summed E-state index contributed by atoms with van der Waals surface area (Å²) in [5.74, 6) is -0.561. The van der Waals surface area contributed by atoms with Gasteiger partial charge in [-0.3, -0.25) is 14.5 Å². The summed E-state index contributed by atoms with van der Waals surface area (Å²) in [5, 5.41) is 2.66. The highest BCUT2D eigenvalue weighted by Crippen LogP contribution is 2.27. The molecule has 0 bridgehead atoms. The van der Waals surface area contributed by atoms with Crippen LogP contribution >= 0.6 is 0 Å². The van der Waals surface area contributed by atoms with E-state index in [1.54, 1.807) is 31.0 Å². The molecular formula is C23H34F3N3O5. The Bertz CT molecular complexity index is 837. The van der Waals surface area contributed by atoms with Gasteiger partial charge in [0.1, 0.15) is 19.0 Å². The molecule has 8 nitrogen and oxygen atoms in total. The molecule has 1 aliphatic rings. The minimum absolute atomic E-state index is 0.0572. The topological polar surface area (TPSA) is 80.3 Å². The molecule has 0 radical (unpaired) electrons. The molecule has 3 atom stereocenters. The van der Waals surface area contributed by atoms with Crippen molar-refractivity contribution in [3.63, 3.8) is 0 Å². The molecular weight excluding hydrogens is 455 g/mol. The molecule has 34 heavy (non-hydrogen) atoms. The van der Waals surface area contributed by atoms with Crippen LogP contribution in [0.4, 0.5) is 18.9 Å². The zero-order chi connectivity index (χ0) is 25.5. The van der Waals surface area contributed by atoms with E-state index in [-0.39, 0.29) is 67.5 Å². The number of carbonyl (C=O) groups excluding carboxylic acids is 2. The van der Waals surface area contributed by atoms with Crippen LogP contribution in [0.25, 0.3) is 0 Å². The first-order valence-electron chi connectivity index (χ1n) is 11.1. The van der Waals surface area contributed by atoms with E-state index in [4.69, 9.17) is 14.2 Å². The number of hydrogen-bond acceptors (Lipinski definition) is 6. The van der Waals surface area contributed by atoms with E-state index in [1.165, 1.54) is 25.2 Å². The number of anilines is 1. The summed E-state index contributed by atoms with van der Waals surface area (Å²) >= 11 is 0. The molecule has 0 unspecified atom stereocenters. The van der Waals surface area contributed by atoms with Gasteiger partial charge in [0, 0.05) is 58.7 Å². The summed E-state index contributed by atoms with van der Waals surface area (Å²) in [4.78, 5) is 28.3. The summed E-state index contributed by atoms with van der Waals surface area (Å²) in [6.07, 6.45) is -5.58. The molecule has 0 saturated carbocycles. The van der Waals surface area contributed by atoms with Crippen molar-refractivity contribution in [2.75, 3.05) is 59.4 Å². The predicted octanol–water partition coefficient (Wildman–Crippen LogP) is 3.03. The number of rotatable bonds is 6. The maximum absolute atomic E-state index is 13.2. The highest BCUT2D eigenvalue weighted by atomic mass is 19.4. The van der Waals surface area contributed by atoms with E-state index in [9.17, 15) is 22.8 Å². The number of methoxy groups -OCH3 is 2. The zero-order valence-electron chi connectivity index (χ0n) is 20.3. The largest absolute Gasteiger partial charge is 0.491 e. The zero-order valence-corrected chi connectivity index (χ0v) is 20.3. The van der Waals surface area contributed by atoms with Gasteiger partial charge in [-0.25, -0.2) is 0 Å². The fourth-order valence-electron chi connectivity index (χ4n) is 3.83. The van der Waals surface area contributed by atoms with Gasteiger partial charge >= 0.3 is 6.18 Å². The number of nitrogens with one attached hydrogen (secondary N) is 1. The van der Waals surface area contributed by atoms with Gasteiger partial charge in [-0.15, -0.1) is 0 Å².